The van der Waals surface area contributed by atoms with Crippen LogP contribution < -0.4 is 5.32 Å². The fourth-order valence-electron chi connectivity index (χ4n) is 2.59. The first kappa shape index (κ1) is 12.4. The Labute approximate surface area is 99.0 Å². The molecule has 1 nitrogen and oxygen atoms in total. The zero-order valence-corrected chi connectivity index (χ0v) is 9.88. The van der Waals surface area contributed by atoms with Crippen molar-refractivity contribution in [2.75, 3.05) is 0 Å². The summed E-state index contributed by atoms with van der Waals surface area (Å²) in [4.78, 5) is 0. The van der Waals surface area contributed by atoms with Crippen LogP contribution >= 0.6 is 0 Å². The fourth-order valence-corrected chi connectivity index (χ4v) is 2.59. The van der Waals surface area contributed by atoms with Crippen LogP contribution in [0, 0.1) is 0 Å². The second kappa shape index (κ2) is 4.33. The van der Waals surface area contributed by atoms with E-state index in [0.29, 0.717) is 6.04 Å². The van der Waals surface area contributed by atoms with Gasteiger partial charge in [-0.05, 0) is 31.9 Å². The highest BCUT2D eigenvalue weighted by Crippen LogP contribution is 2.35. The van der Waals surface area contributed by atoms with E-state index < -0.39 is 11.7 Å². The van der Waals surface area contributed by atoms with E-state index in [0.717, 1.165) is 18.1 Å². The monoisotopic (exact) mass is 243 g/mol. The summed E-state index contributed by atoms with van der Waals surface area (Å²) in [6, 6.07) is 6.28. The zero-order chi connectivity index (χ0) is 12.6. The van der Waals surface area contributed by atoms with Crippen molar-refractivity contribution >= 4 is 0 Å². The van der Waals surface area contributed by atoms with E-state index in [2.05, 4.69) is 12.2 Å². The van der Waals surface area contributed by atoms with Crippen molar-refractivity contribution in [3.05, 3.63) is 35.4 Å². The molecule has 3 atom stereocenters. The topological polar surface area (TPSA) is 12.0 Å². The molecular weight excluding hydrogens is 227 g/mol. The van der Waals surface area contributed by atoms with Gasteiger partial charge in [0.2, 0.25) is 0 Å². The number of nitrogens with one attached hydrogen (secondary N) is 1. The van der Waals surface area contributed by atoms with Crippen LogP contribution in [-0.2, 0) is 6.18 Å². The molecule has 0 radical (unpaired) electrons. The molecule has 1 aromatic rings. The lowest BCUT2D eigenvalue weighted by molar-refractivity contribution is -0.137. The summed E-state index contributed by atoms with van der Waals surface area (Å²) in [5.41, 5.74) is 0.228. The van der Waals surface area contributed by atoms with Gasteiger partial charge in [0.1, 0.15) is 0 Å². The minimum atomic E-state index is -4.25. The fraction of sp³-hybridized carbons (Fsp3) is 0.538. The van der Waals surface area contributed by atoms with Crippen LogP contribution in [0.25, 0.3) is 0 Å². The van der Waals surface area contributed by atoms with Crippen molar-refractivity contribution in [1.82, 2.24) is 5.32 Å². The Morgan fingerprint density at radius 2 is 1.94 bits per heavy atom. The minimum absolute atomic E-state index is 0.173. The first-order valence-electron chi connectivity index (χ1n) is 5.81. The molecule has 1 aliphatic heterocycles. The summed E-state index contributed by atoms with van der Waals surface area (Å²) in [6.45, 7) is 4.08. The standard InChI is InChI=1S/C13H16F3N/c1-8-6-12(9(2)17-8)10-4-3-5-11(7-10)13(14,15)16/h3-5,7-9,12,17H,6H2,1-2H3. The summed E-state index contributed by atoms with van der Waals surface area (Å²) >= 11 is 0. The Morgan fingerprint density at radius 3 is 2.47 bits per heavy atom. The third kappa shape index (κ3) is 2.63. The van der Waals surface area contributed by atoms with Crippen molar-refractivity contribution in [3.63, 3.8) is 0 Å². The highest BCUT2D eigenvalue weighted by molar-refractivity contribution is 5.30. The van der Waals surface area contributed by atoms with Crippen molar-refractivity contribution in [2.45, 2.75) is 44.4 Å². The third-order valence-corrected chi connectivity index (χ3v) is 3.40. The van der Waals surface area contributed by atoms with Gasteiger partial charge < -0.3 is 5.32 Å². The third-order valence-electron chi connectivity index (χ3n) is 3.40. The molecule has 94 valence electrons. The van der Waals surface area contributed by atoms with Crippen molar-refractivity contribution in [2.24, 2.45) is 0 Å². The maximum Gasteiger partial charge on any atom is 0.416 e. The van der Waals surface area contributed by atoms with Gasteiger partial charge in [-0.25, -0.2) is 0 Å². The molecule has 0 aromatic heterocycles. The Kier molecular flexibility index (Phi) is 3.17. The highest BCUT2D eigenvalue weighted by atomic mass is 19.4. The van der Waals surface area contributed by atoms with Gasteiger partial charge in [0.15, 0.2) is 0 Å². The summed E-state index contributed by atoms with van der Waals surface area (Å²) in [5.74, 6) is 0.173. The normalized spacial score (nSPS) is 29.6. The van der Waals surface area contributed by atoms with Crippen LogP contribution in [0.2, 0.25) is 0 Å². The van der Waals surface area contributed by atoms with Crippen LogP contribution in [0.1, 0.15) is 37.3 Å². The second-order valence-corrected chi connectivity index (χ2v) is 4.82. The molecule has 0 aliphatic carbocycles. The predicted octanol–water partition coefficient (Wildman–Crippen LogP) is 3.56. The molecule has 3 unspecified atom stereocenters. The maximum absolute atomic E-state index is 12.6. The maximum atomic E-state index is 12.6. The molecule has 1 N–H and O–H groups in total. The van der Waals surface area contributed by atoms with Crippen LogP contribution in [-0.4, -0.2) is 12.1 Å². The average molecular weight is 243 g/mol. The number of hydrogen-bond donors (Lipinski definition) is 1. The average Bonchev–Trinajstić information content (AvgIpc) is 2.57. The molecule has 1 aromatic carbocycles. The molecule has 1 aliphatic rings. The molecule has 0 bridgehead atoms. The first-order chi connectivity index (χ1) is 7.88. The minimum Gasteiger partial charge on any atom is -0.311 e. The van der Waals surface area contributed by atoms with Crippen LogP contribution in [0.4, 0.5) is 13.2 Å². The lowest BCUT2D eigenvalue weighted by Gasteiger charge is -2.17. The van der Waals surface area contributed by atoms with E-state index >= 15 is 0 Å². The Balaban J connectivity index is 2.28. The Hall–Kier alpha value is -1.03. The van der Waals surface area contributed by atoms with Crippen molar-refractivity contribution in [1.29, 1.82) is 0 Å². The molecule has 1 fully saturated rings. The van der Waals surface area contributed by atoms with E-state index in [1.54, 1.807) is 6.07 Å². The SMILES string of the molecule is CC1CC(c2cccc(C(F)(F)F)c2)C(C)N1. The van der Waals surface area contributed by atoms with Crippen LogP contribution in [0.15, 0.2) is 24.3 Å². The number of benzene rings is 1. The van der Waals surface area contributed by atoms with Gasteiger partial charge in [-0.1, -0.05) is 18.2 Å². The molecular formula is C13H16F3N. The van der Waals surface area contributed by atoms with E-state index in [-0.39, 0.29) is 12.0 Å². The molecule has 0 saturated carbocycles. The molecule has 17 heavy (non-hydrogen) atoms. The number of alkyl halides is 3. The van der Waals surface area contributed by atoms with Gasteiger partial charge >= 0.3 is 6.18 Å². The van der Waals surface area contributed by atoms with E-state index in [9.17, 15) is 13.2 Å². The number of halogens is 3. The summed E-state index contributed by atoms with van der Waals surface area (Å²) < 4.78 is 37.8. The second-order valence-electron chi connectivity index (χ2n) is 4.82. The van der Waals surface area contributed by atoms with Gasteiger partial charge in [-0.15, -0.1) is 0 Å². The van der Waals surface area contributed by atoms with Gasteiger partial charge in [-0.3, -0.25) is 0 Å². The molecule has 2 rings (SSSR count). The highest BCUT2D eigenvalue weighted by Gasteiger charge is 2.33. The lowest BCUT2D eigenvalue weighted by atomic mass is 9.90. The van der Waals surface area contributed by atoms with Gasteiger partial charge in [0.25, 0.3) is 0 Å². The van der Waals surface area contributed by atoms with Gasteiger partial charge in [0, 0.05) is 18.0 Å². The first-order valence-corrected chi connectivity index (χ1v) is 5.81. The van der Waals surface area contributed by atoms with Gasteiger partial charge in [-0.2, -0.15) is 13.2 Å². The summed E-state index contributed by atoms with van der Waals surface area (Å²) in [5, 5.41) is 3.34. The summed E-state index contributed by atoms with van der Waals surface area (Å²) in [7, 11) is 0. The smallest absolute Gasteiger partial charge is 0.311 e. The molecule has 1 saturated heterocycles. The van der Waals surface area contributed by atoms with Gasteiger partial charge in [0.05, 0.1) is 5.56 Å². The largest absolute Gasteiger partial charge is 0.416 e. The van der Waals surface area contributed by atoms with E-state index in [1.807, 2.05) is 6.92 Å². The Morgan fingerprint density at radius 1 is 1.24 bits per heavy atom. The molecule has 0 spiro atoms. The van der Waals surface area contributed by atoms with E-state index in [1.165, 1.54) is 12.1 Å². The molecule has 0 amide bonds. The van der Waals surface area contributed by atoms with Crippen molar-refractivity contribution in [3.8, 4) is 0 Å². The van der Waals surface area contributed by atoms with E-state index in [4.69, 9.17) is 0 Å². The molecule has 4 heteroatoms. The van der Waals surface area contributed by atoms with Crippen LogP contribution in [0.5, 0.6) is 0 Å². The lowest BCUT2D eigenvalue weighted by Crippen LogP contribution is -2.26. The Bertz CT molecular complexity index is 400. The predicted molar refractivity (Wildman–Crippen MR) is 60.9 cm³/mol. The van der Waals surface area contributed by atoms with Crippen molar-refractivity contribution < 1.29 is 13.2 Å². The molecule has 1 heterocycles. The zero-order valence-electron chi connectivity index (χ0n) is 9.88. The quantitative estimate of drug-likeness (QED) is 0.795. The van der Waals surface area contributed by atoms with Crippen LogP contribution in [0.3, 0.4) is 0 Å². The summed E-state index contributed by atoms with van der Waals surface area (Å²) in [6.07, 6.45) is -3.36. The number of hydrogen-bond acceptors (Lipinski definition) is 1. The number of rotatable bonds is 1.